The van der Waals surface area contributed by atoms with Crippen molar-refractivity contribution in [3.05, 3.63) is 33.8 Å². The minimum atomic E-state index is -0.637. The molecule has 2 nitrogen and oxygen atoms in total. The predicted molar refractivity (Wildman–Crippen MR) is 74.3 cm³/mol. The molecule has 3 atom stereocenters. The zero-order valence-electron chi connectivity index (χ0n) is 10.2. The van der Waals surface area contributed by atoms with Gasteiger partial charge in [-0.15, -0.1) is 0 Å². The summed E-state index contributed by atoms with van der Waals surface area (Å²) in [4.78, 5) is 2.42. The van der Waals surface area contributed by atoms with E-state index in [1.54, 1.807) is 0 Å². The molecule has 4 heteroatoms. The van der Waals surface area contributed by atoms with Gasteiger partial charge in [-0.1, -0.05) is 29.3 Å². The first-order valence-corrected chi connectivity index (χ1v) is 7.22. The number of hydrogen-bond donors (Lipinski definition) is 1. The Morgan fingerprint density at radius 1 is 1.28 bits per heavy atom. The summed E-state index contributed by atoms with van der Waals surface area (Å²) >= 11 is 12.4. The van der Waals surface area contributed by atoms with Gasteiger partial charge in [-0.25, -0.2) is 0 Å². The lowest BCUT2D eigenvalue weighted by Crippen LogP contribution is -2.47. The molecule has 98 valence electrons. The van der Waals surface area contributed by atoms with Crippen molar-refractivity contribution in [2.75, 3.05) is 19.6 Å². The highest BCUT2D eigenvalue weighted by Crippen LogP contribution is 2.40. The van der Waals surface area contributed by atoms with Crippen LogP contribution in [0.2, 0.25) is 10.0 Å². The monoisotopic (exact) mass is 285 g/mol. The third-order valence-corrected chi connectivity index (χ3v) is 5.15. The van der Waals surface area contributed by atoms with E-state index in [1.165, 1.54) is 0 Å². The average molecular weight is 286 g/mol. The van der Waals surface area contributed by atoms with Crippen LogP contribution in [0, 0.1) is 5.92 Å². The van der Waals surface area contributed by atoms with Gasteiger partial charge >= 0.3 is 0 Å². The van der Waals surface area contributed by atoms with Crippen LogP contribution in [0.4, 0.5) is 0 Å². The van der Waals surface area contributed by atoms with E-state index in [1.807, 2.05) is 18.2 Å². The molecule has 3 unspecified atom stereocenters. The van der Waals surface area contributed by atoms with Gasteiger partial charge in [0.2, 0.25) is 0 Å². The molecule has 18 heavy (non-hydrogen) atoms. The van der Waals surface area contributed by atoms with E-state index >= 15 is 0 Å². The zero-order valence-corrected chi connectivity index (χ0v) is 11.7. The van der Waals surface area contributed by atoms with Crippen LogP contribution in [0.5, 0.6) is 0 Å². The first kappa shape index (κ1) is 12.7. The van der Waals surface area contributed by atoms with E-state index in [9.17, 15) is 5.11 Å². The first-order chi connectivity index (χ1) is 8.58. The maximum atomic E-state index is 10.9. The number of aliphatic hydroxyl groups is 1. The Morgan fingerprint density at radius 3 is 2.72 bits per heavy atom. The van der Waals surface area contributed by atoms with E-state index < -0.39 is 5.60 Å². The fourth-order valence-corrected chi connectivity index (χ4v) is 3.80. The van der Waals surface area contributed by atoms with Gasteiger partial charge in [0.05, 0.1) is 5.60 Å². The molecule has 2 aliphatic rings. The van der Waals surface area contributed by atoms with Crippen molar-refractivity contribution >= 4 is 23.2 Å². The molecule has 2 fully saturated rings. The Labute approximate surface area is 117 Å². The number of nitrogens with zero attached hydrogens (tertiary/aromatic N) is 1. The summed E-state index contributed by atoms with van der Waals surface area (Å²) in [5.41, 5.74) is 0.255. The summed E-state index contributed by atoms with van der Waals surface area (Å²) in [6.07, 6.45) is 2.47. The molecular formula is C14H17Cl2NO. The fourth-order valence-electron chi connectivity index (χ4n) is 3.27. The average Bonchev–Trinajstić information content (AvgIpc) is 2.76. The normalized spacial score (nSPS) is 34.8. The van der Waals surface area contributed by atoms with E-state index in [4.69, 9.17) is 23.2 Å². The van der Waals surface area contributed by atoms with Crippen LogP contribution in [0.25, 0.3) is 0 Å². The van der Waals surface area contributed by atoms with Gasteiger partial charge in [-0.2, -0.15) is 0 Å². The summed E-state index contributed by atoms with van der Waals surface area (Å²) in [7, 11) is 0. The molecule has 0 amide bonds. The second kappa shape index (κ2) is 4.68. The van der Waals surface area contributed by atoms with Gasteiger partial charge in [-0.05, 0) is 37.1 Å². The van der Waals surface area contributed by atoms with Crippen LogP contribution in [-0.4, -0.2) is 35.2 Å². The SMILES string of the molecule is OC1(Cc2c(Cl)cccc2Cl)CCN2CCC1C2. The van der Waals surface area contributed by atoms with Crippen molar-refractivity contribution in [3.63, 3.8) is 0 Å². The molecule has 2 bridgehead atoms. The standard InChI is InChI=1S/C14H17Cl2NO/c15-12-2-1-3-13(16)11(12)8-14(18)5-7-17-6-4-10(14)9-17/h1-3,10,18H,4-9H2. The van der Waals surface area contributed by atoms with Crippen molar-refractivity contribution < 1.29 is 5.11 Å². The van der Waals surface area contributed by atoms with Crippen LogP contribution < -0.4 is 0 Å². The minimum absolute atomic E-state index is 0.360. The Kier molecular flexibility index (Phi) is 3.31. The van der Waals surface area contributed by atoms with Gasteiger partial charge in [0.25, 0.3) is 0 Å². The third kappa shape index (κ3) is 2.16. The van der Waals surface area contributed by atoms with Crippen LogP contribution >= 0.6 is 23.2 Å². The van der Waals surface area contributed by atoms with E-state index in [0.717, 1.165) is 38.0 Å². The molecule has 3 rings (SSSR count). The zero-order chi connectivity index (χ0) is 12.8. The maximum Gasteiger partial charge on any atom is 0.0741 e. The molecular weight excluding hydrogens is 269 g/mol. The Morgan fingerprint density at radius 2 is 2.00 bits per heavy atom. The molecule has 1 aromatic rings. The summed E-state index contributed by atoms with van der Waals surface area (Å²) in [5, 5.41) is 12.2. The molecule has 1 aromatic carbocycles. The van der Waals surface area contributed by atoms with Crippen molar-refractivity contribution in [3.8, 4) is 0 Å². The van der Waals surface area contributed by atoms with Gasteiger partial charge in [0.1, 0.15) is 0 Å². The molecule has 0 aromatic heterocycles. The van der Waals surface area contributed by atoms with Gasteiger partial charge in [0, 0.05) is 35.5 Å². The van der Waals surface area contributed by atoms with Crippen LogP contribution in [0.15, 0.2) is 18.2 Å². The molecule has 0 spiro atoms. The predicted octanol–water partition coefficient (Wildman–Crippen LogP) is 2.99. The smallest absolute Gasteiger partial charge is 0.0741 e. The Hall–Kier alpha value is -0.280. The molecule has 2 heterocycles. The van der Waals surface area contributed by atoms with Crippen molar-refractivity contribution in [1.82, 2.24) is 4.90 Å². The summed E-state index contributed by atoms with van der Waals surface area (Å²) in [6, 6.07) is 5.53. The van der Waals surface area contributed by atoms with Crippen LogP contribution in [0.1, 0.15) is 18.4 Å². The summed E-state index contributed by atoms with van der Waals surface area (Å²) in [6.45, 7) is 3.11. The quantitative estimate of drug-likeness (QED) is 0.903. The number of benzene rings is 1. The van der Waals surface area contributed by atoms with Gasteiger partial charge in [0.15, 0.2) is 0 Å². The number of halogens is 2. The van der Waals surface area contributed by atoms with E-state index in [0.29, 0.717) is 22.4 Å². The minimum Gasteiger partial charge on any atom is -0.389 e. The van der Waals surface area contributed by atoms with Crippen molar-refractivity contribution in [2.45, 2.75) is 24.9 Å². The highest BCUT2D eigenvalue weighted by atomic mass is 35.5. The molecule has 2 aliphatic heterocycles. The van der Waals surface area contributed by atoms with Gasteiger partial charge < -0.3 is 10.0 Å². The lowest BCUT2D eigenvalue weighted by molar-refractivity contribution is -0.0438. The van der Waals surface area contributed by atoms with Crippen molar-refractivity contribution in [2.24, 2.45) is 5.92 Å². The third-order valence-electron chi connectivity index (χ3n) is 4.44. The fraction of sp³-hybridized carbons (Fsp3) is 0.571. The Bertz CT molecular complexity index is 445. The highest BCUT2D eigenvalue weighted by molar-refractivity contribution is 6.36. The number of hydrogen-bond acceptors (Lipinski definition) is 2. The summed E-state index contributed by atoms with van der Waals surface area (Å²) in [5.74, 6) is 0.360. The largest absolute Gasteiger partial charge is 0.389 e. The van der Waals surface area contributed by atoms with Gasteiger partial charge in [-0.3, -0.25) is 0 Å². The number of piperidine rings is 1. The number of fused-ring (bicyclic) bond motifs is 2. The lowest BCUT2D eigenvalue weighted by Gasteiger charge is -2.39. The number of rotatable bonds is 2. The highest BCUT2D eigenvalue weighted by Gasteiger charge is 2.45. The molecule has 1 N–H and O–H groups in total. The molecule has 0 saturated carbocycles. The summed E-state index contributed by atoms with van der Waals surface area (Å²) < 4.78 is 0. The second-order valence-electron chi connectivity index (χ2n) is 5.52. The second-order valence-corrected chi connectivity index (χ2v) is 6.33. The molecule has 2 saturated heterocycles. The van der Waals surface area contributed by atoms with Crippen molar-refractivity contribution in [1.29, 1.82) is 0 Å². The lowest BCUT2D eigenvalue weighted by atomic mass is 9.78. The van der Waals surface area contributed by atoms with Crippen LogP contribution in [0.3, 0.4) is 0 Å². The first-order valence-electron chi connectivity index (χ1n) is 6.46. The maximum absolute atomic E-state index is 10.9. The Balaban J connectivity index is 1.87. The van der Waals surface area contributed by atoms with E-state index in [2.05, 4.69) is 4.90 Å². The van der Waals surface area contributed by atoms with E-state index in [-0.39, 0.29) is 0 Å². The molecule has 0 radical (unpaired) electrons. The van der Waals surface area contributed by atoms with Crippen LogP contribution in [-0.2, 0) is 6.42 Å². The topological polar surface area (TPSA) is 23.5 Å². The molecule has 0 aliphatic carbocycles.